The van der Waals surface area contributed by atoms with Crippen LogP contribution in [0.15, 0.2) is 24.3 Å². The third kappa shape index (κ3) is 3.62. The molecule has 1 amide bonds. The van der Waals surface area contributed by atoms with E-state index in [0.29, 0.717) is 24.0 Å². The molecule has 4 nitrogen and oxygen atoms in total. The molecule has 1 aliphatic carbocycles. The number of para-hydroxylation sites is 2. The van der Waals surface area contributed by atoms with E-state index in [1.54, 1.807) is 0 Å². The van der Waals surface area contributed by atoms with Crippen LogP contribution in [0, 0.1) is 5.92 Å². The minimum absolute atomic E-state index is 0.110. The van der Waals surface area contributed by atoms with Crippen LogP contribution in [0.2, 0.25) is 0 Å². The number of benzene rings is 1. The Morgan fingerprint density at radius 2 is 2.10 bits per heavy atom. The lowest BCUT2D eigenvalue weighted by molar-refractivity contribution is -0.130. The molecule has 1 heterocycles. The van der Waals surface area contributed by atoms with Crippen LogP contribution in [0.1, 0.15) is 25.7 Å². The van der Waals surface area contributed by atoms with Gasteiger partial charge in [0.15, 0.2) is 11.5 Å². The van der Waals surface area contributed by atoms with Gasteiger partial charge in [0.2, 0.25) is 6.10 Å². The Kier molecular flexibility index (Phi) is 4.54. The molecular formula is C16H20ClNO3. The number of rotatable bonds is 3. The van der Waals surface area contributed by atoms with Gasteiger partial charge >= 0.3 is 0 Å². The van der Waals surface area contributed by atoms with E-state index in [1.807, 2.05) is 24.3 Å². The second-order valence-corrected chi connectivity index (χ2v) is 6.36. The highest BCUT2D eigenvalue weighted by Gasteiger charge is 2.28. The molecule has 2 aliphatic rings. The largest absolute Gasteiger partial charge is 0.485 e. The molecule has 3 unspecified atom stereocenters. The number of carbonyl (C=O) groups excluding carboxylic acids is 1. The zero-order valence-corrected chi connectivity index (χ0v) is 12.6. The first-order valence-electron chi connectivity index (χ1n) is 7.52. The first-order chi connectivity index (χ1) is 10.2. The maximum Gasteiger partial charge on any atom is 0.264 e. The van der Waals surface area contributed by atoms with Gasteiger partial charge in [-0.3, -0.25) is 4.79 Å². The first kappa shape index (κ1) is 14.5. The monoisotopic (exact) mass is 309 g/mol. The quantitative estimate of drug-likeness (QED) is 0.873. The number of nitrogens with one attached hydrogen (secondary N) is 1. The molecular weight excluding hydrogens is 290 g/mol. The Hall–Kier alpha value is -1.42. The van der Waals surface area contributed by atoms with E-state index in [0.717, 1.165) is 25.7 Å². The van der Waals surface area contributed by atoms with Crippen molar-refractivity contribution in [2.45, 2.75) is 37.2 Å². The Morgan fingerprint density at radius 3 is 2.90 bits per heavy atom. The minimum atomic E-state index is -0.574. The molecule has 0 bridgehead atoms. The highest BCUT2D eigenvalue weighted by Crippen LogP contribution is 2.31. The first-order valence-corrected chi connectivity index (χ1v) is 7.96. The number of hydrogen-bond donors (Lipinski definition) is 1. The van der Waals surface area contributed by atoms with Crippen molar-refractivity contribution in [3.05, 3.63) is 24.3 Å². The van der Waals surface area contributed by atoms with E-state index in [2.05, 4.69) is 5.32 Å². The number of ether oxygens (including phenoxy) is 2. The van der Waals surface area contributed by atoms with Gasteiger partial charge in [-0.1, -0.05) is 18.6 Å². The van der Waals surface area contributed by atoms with E-state index in [4.69, 9.17) is 21.1 Å². The zero-order valence-electron chi connectivity index (χ0n) is 11.9. The predicted molar refractivity (Wildman–Crippen MR) is 81.0 cm³/mol. The molecule has 114 valence electrons. The van der Waals surface area contributed by atoms with E-state index in [-0.39, 0.29) is 17.9 Å². The van der Waals surface area contributed by atoms with E-state index in [9.17, 15) is 4.79 Å². The van der Waals surface area contributed by atoms with E-state index in [1.165, 1.54) is 0 Å². The van der Waals surface area contributed by atoms with E-state index >= 15 is 0 Å². The molecule has 21 heavy (non-hydrogen) atoms. The topological polar surface area (TPSA) is 47.6 Å². The molecule has 0 aromatic heterocycles. The predicted octanol–water partition coefficient (Wildman–Crippen LogP) is 2.74. The smallest absolute Gasteiger partial charge is 0.264 e. The fourth-order valence-electron chi connectivity index (χ4n) is 2.92. The summed E-state index contributed by atoms with van der Waals surface area (Å²) >= 11 is 6.17. The molecule has 3 rings (SSSR count). The highest BCUT2D eigenvalue weighted by atomic mass is 35.5. The van der Waals surface area contributed by atoms with Gasteiger partial charge in [-0.05, 0) is 37.3 Å². The molecule has 0 saturated heterocycles. The van der Waals surface area contributed by atoms with E-state index < -0.39 is 6.10 Å². The van der Waals surface area contributed by atoms with Crippen LogP contribution >= 0.6 is 11.6 Å². The summed E-state index contributed by atoms with van der Waals surface area (Å²) in [5.74, 6) is 1.68. The molecule has 1 saturated carbocycles. The van der Waals surface area contributed by atoms with Gasteiger partial charge in [0.05, 0.1) is 0 Å². The lowest BCUT2D eigenvalue weighted by Crippen LogP contribution is -2.45. The van der Waals surface area contributed by atoms with Gasteiger partial charge in [-0.2, -0.15) is 0 Å². The summed E-state index contributed by atoms with van der Waals surface area (Å²) in [5.41, 5.74) is 0. The van der Waals surface area contributed by atoms with Crippen molar-refractivity contribution < 1.29 is 14.3 Å². The van der Waals surface area contributed by atoms with Crippen molar-refractivity contribution in [1.82, 2.24) is 5.32 Å². The second-order valence-electron chi connectivity index (χ2n) is 5.74. The van der Waals surface area contributed by atoms with Crippen molar-refractivity contribution in [2.24, 2.45) is 5.92 Å². The summed E-state index contributed by atoms with van der Waals surface area (Å²) in [6.07, 6.45) is 3.77. The molecule has 5 heteroatoms. The van der Waals surface area contributed by atoms with Crippen molar-refractivity contribution in [1.29, 1.82) is 0 Å². The third-order valence-electron chi connectivity index (χ3n) is 4.08. The van der Waals surface area contributed by atoms with Gasteiger partial charge in [0.25, 0.3) is 5.91 Å². The molecule has 1 aliphatic heterocycles. The van der Waals surface area contributed by atoms with Gasteiger partial charge in [-0.15, -0.1) is 11.6 Å². The molecule has 1 aromatic carbocycles. The minimum Gasteiger partial charge on any atom is -0.485 e. The molecule has 3 atom stereocenters. The van der Waals surface area contributed by atoms with Gasteiger partial charge in [-0.25, -0.2) is 0 Å². The summed E-state index contributed by atoms with van der Waals surface area (Å²) in [5, 5.41) is 3.22. The van der Waals surface area contributed by atoms with Gasteiger partial charge < -0.3 is 14.8 Å². The number of carbonyl (C=O) groups is 1. The lowest BCUT2D eigenvalue weighted by atomic mass is 9.89. The summed E-state index contributed by atoms with van der Waals surface area (Å²) in [4.78, 5) is 12.2. The average molecular weight is 310 g/mol. The van der Waals surface area contributed by atoms with Crippen LogP contribution in [-0.4, -0.2) is 30.5 Å². The highest BCUT2D eigenvalue weighted by molar-refractivity contribution is 6.20. The fourth-order valence-corrected chi connectivity index (χ4v) is 3.32. The summed E-state index contributed by atoms with van der Waals surface area (Å²) in [6, 6.07) is 7.40. The Bertz CT molecular complexity index is 508. The number of hydrogen-bond acceptors (Lipinski definition) is 3. The maximum atomic E-state index is 12.2. The summed E-state index contributed by atoms with van der Waals surface area (Å²) in [7, 11) is 0. The van der Waals surface area contributed by atoms with Crippen molar-refractivity contribution >= 4 is 17.5 Å². The van der Waals surface area contributed by atoms with Crippen LogP contribution in [0.4, 0.5) is 0 Å². The van der Waals surface area contributed by atoms with Crippen molar-refractivity contribution in [3.63, 3.8) is 0 Å². The molecule has 0 spiro atoms. The number of amides is 1. The zero-order chi connectivity index (χ0) is 14.7. The Labute approximate surface area is 129 Å². The molecule has 0 radical (unpaired) electrons. The van der Waals surface area contributed by atoms with Gasteiger partial charge in [0.1, 0.15) is 6.61 Å². The number of halogens is 1. The normalized spacial score (nSPS) is 28.0. The average Bonchev–Trinajstić information content (AvgIpc) is 2.52. The number of alkyl halides is 1. The summed E-state index contributed by atoms with van der Waals surface area (Å²) < 4.78 is 11.3. The molecule has 1 fully saturated rings. The van der Waals surface area contributed by atoms with Crippen molar-refractivity contribution in [2.75, 3.05) is 13.2 Å². The summed E-state index contributed by atoms with van der Waals surface area (Å²) in [6.45, 7) is 0.926. The maximum absolute atomic E-state index is 12.2. The number of fused-ring (bicyclic) bond motifs is 1. The second kappa shape index (κ2) is 6.56. The van der Waals surface area contributed by atoms with Gasteiger partial charge in [0, 0.05) is 11.9 Å². The van der Waals surface area contributed by atoms with Crippen LogP contribution in [0.25, 0.3) is 0 Å². The molecule has 1 aromatic rings. The van der Waals surface area contributed by atoms with Crippen molar-refractivity contribution in [3.8, 4) is 11.5 Å². The van der Waals surface area contributed by atoms with Crippen LogP contribution in [-0.2, 0) is 4.79 Å². The lowest BCUT2D eigenvalue weighted by Gasteiger charge is -2.28. The van der Waals surface area contributed by atoms with Crippen LogP contribution in [0.5, 0.6) is 11.5 Å². The van der Waals surface area contributed by atoms with Crippen LogP contribution < -0.4 is 14.8 Å². The molecule has 1 N–H and O–H groups in total. The standard InChI is InChI=1S/C16H20ClNO3/c17-12-5-3-4-11(8-12)9-18-16(19)15-10-20-13-6-1-2-7-14(13)21-15/h1-2,6-7,11-12,15H,3-5,8-10H2,(H,18,19). The Balaban J connectivity index is 1.50. The van der Waals surface area contributed by atoms with Crippen LogP contribution in [0.3, 0.4) is 0 Å². The fraction of sp³-hybridized carbons (Fsp3) is 0.562. The third-order valence-corrected chi connectivity index (χ3v) is 4.48. The SMILES string of the molecule is O=C(NCC1CCCC(Cl)C1)C1COc2ccccc2O1. The Morgan fingerprint density at radius 1 is 1.29 bits per heavy atom.